The van der Waals surface area contributed by atoms with E-state index in [2.05, 4.69) is 13.2 Å². The maximum atomic E-state index is 5.57. The van der Waals surface area contributed by atoms with Crippen LogP contribution in [-0.2, 0) is 13.6 Å². The zero-order chi connectivity index (χ0) is 11.0. The average Bonchev–Trinajstić information content (AvgIpc) is 2.07. The summed E-state index contributed by atoms with van der Waals surface area (Å²) in [7, 11) is -1.30. The minimum absolute atomic E-state index is 0.270. The molecule has 0 saturated carbocycles. The highest BCUT2D eigenvalue weighted by atomic mass is 31.2. The van der Waals surface area contributed by atoms with Crippen LogP contribution >= 0.6 is 8.60 Å². The van der Waals surface area contributed by atoms with Crippen molar-refractivity contribution in [1.82, 2.24) is 0 Å². The van der Waals surface area contributed by atoms with Crippen LogP contribution in [0.1, 0.15) is 20.8 Å². The summed E-state index contributed by atoms with van der Waals surface area (Å²) in [5, 5.41) is 0. The topological polar surface area (TPSA) is 27.7 Å². The van der Waals surface area contributed by atoms with E-state index in [1.54, 1.807) is 12.2 Å². The number of rotatable bonds is 7. The van der Waals surface area contributed by atoms with E-state index in [1.165, 1.54) is 0 Å². The molecule has 0 spiro atoms. The quantitative estimate of drug-likeness (QED) is 0.484. The van der Waals surface area contributed by atoms with Gasteiger partial charge in [0.15, 0.2) is 0 Å². The largest absolute Gasteiger partial charge is 0.333 e. The van der Waals surface area contributed by atoms with Crippen LogP contribution in [0.5, 0.6) is 0 Å². The number of hydrogen-bond acceptors (Lipinski definition) is 3. The predicted octanol–water partition coefficient (Wildman–Crippen LogP) is 3.43. The molecular weight excluding hydrogens is 199 g/mol. The highest BCUT2D eigenvalue weighted by Crippen LogP contribution is 2.43. The molecule has 0 heterocycles. The van der Waals surface area contributed by atoms with Gasteiger partial charge in [-0.15, -0.1) is 13.2 Å². The smallest absolute Gasteiger partial charge is 0.308 e. The van der Waals surface area contributed by atoms with Crippen molar-refractivity contribution < 1.29 is 13.6 Å². The standard InChI is InChI=1S/C10H19O3P/c1-6-8-11-14(12-9-7-2)13-10(3,4)5/h6-7H,1-2,8-9H2,3-5H3. The van der Waals surface area contributed by atoms with E-state index in [0.717, 1.165) is 0 Å². The van der Waals surface area contributed by atoms with Crippen LogP contribution in [0.4, 0.5) is 0 Å². The summed E-state index contributed by atoms with van der Waals surface area (Å²) >= 11 is 0. The molecule has 0 fully saturated rings. The van der Waals surface area contributed by atoms with E-state index in [1.807, 2.05) is 20.8 Å². The van der Waals surface area contributed by atoms with E-state index >= 15 is 0 Å². The van der Waals surface area contributed by atoms with Gasteiger partial charge < -0.3 is 13.6 Å². The Balaban J connectivity index is 3.95. The minimum atomic E-state index is -1.30. The van der Waals surface area contributed by atoms with Crippen molar-refractivity contribution in [3.05, 3.63) is 25.3 Å². The predicted molar refractivity (Wildman–Crippen MR) is 60.1 cm³/mol. The second-order valence-corrected chi connectivity index (χ2v) is 4.74. The van der Waals surface area contributed by atoms with Crippen LogP contribution < -0.4 is 0 Å². The molecule has 0 bridgehead atoms. The SMILES string of the molecule is C=CCOP(OCC=C)OC(C)(C)C. The molecule has 0 aliphatic heterocycles. The van der Waals surface area contributed by atoms with Gasteiger partial charge in [0, 0.05) is 0 Å². The second-order valence-electron chi connectivity index (χ2n) is 3.60. The highest BCUT2D eigenvalue weighted by Gasteiger charge is 2.21. The Bertz CT molecular complexity index is 163. The van der Waals surface area contributed by atoms with Crippen molar-refractivity contribution in [2.75, 3.05) is 13.2 Å². The molecule has 0 amide bonds. The molecule has 0 aliphatic rings. The molecule has 0 aromatic carbocycles. The summed E-state index contributed by atoms with van der Waals surface area (Å²) in [6, 6.07) is 0. The Kier molecular flexibility index (Phi) is 7.02. The average molecular weight is 218 g/mol. The molecule has 14 heavy (non-hydrogen) atoms. The molecule has 0 unspecified atom stereocenters. The monoisotopic (exact) mass is 218 g/mol. The van der Waals surface area contributed by atoms with Gasteiger partial charge in [-0.2, -0.15) is 0 Å². The fourth-order valence-corrected chi connectivity index (χ4v) is 1.62. The molecule has 82 valence electrons. The van der Waals surface area contributed by atoms with Gasteiger partial charge in [0.2, 0.25) is 0 Å². The Labute approximate surface area is 87.7 Å². The minimum Gasteiger partial charge on any atom is -0.308 e. The van der Waals surface area contributed by atoms with Crippen molar-refractivity contribution in [3.63, 3.8) is 0 Å². The van der Waals surface area contributed by atoms with Crippen molar-refractivity contribution in [2.24, 2.45) is 0 Å². The molecular formula is C10H19O3P. The highest BCUT2D eigenvalue weighted by molar-refractivity contribution is 7.41. The Hall–Kier alpha value is -0.210. The number of hydrogen-bond donors (Lipinski definition) is 0. The van der Waals surface area contributed by atoms with Crippen LogP contribution in [0, 0.1) is 0 Å². The lowest BCUT2D eigenvalue weighted by atomic mass is 10.2. The first-order valence-electron chi connectivity index (χ1n) is 4.46. The second kappa shape index (κ2) is 7.13. The van der Waals surface area contributed by atoms with E-state index in [4.69, 9.17) is 13.6 Å². The Morgan fingerprint density at radius 2 is 1.50 bits per heavy atom. The van der Waals surface area contributed by atoms with Gasteiger partial charge in [-0.25, -0.2) is 0 Å². The molecule has 0 radical (unpaired) electrons. The van der Waals surface area contributed by atoms with Gasteiger partial charge in [-0.3, -0.25) is 0 Å². The summed E-state index contributed by atoms with van der Waals surface area (Å²) in [4.78, 5) is 0. The lowest BCUT2D eigenvalue weighted by Gasteiger charge is -2.24. The Morgan fingerprint density at radius 3 is 1.79 bits per heavy atom. The first-order valence-corrected chi connectivity index (χ1v) is 5.56. The lowest BCUT2D eigenvalue weighted by molar-refractivity contribution is 0.0833. The molecule has 0 atom stereocenters. The third-order valence-electron chi connectivity index (χ3n) is 0.944. The van der Waals surface area contributed by atoms with E-state index < -0.39 is 8.60 Å². The summed E-state index contributed by atoms with van der Waals surface area (Å²) < 4.78 is 16.2. The molecule has 0 N–H and O–H groups in total. The van der Waals surface area contributed by atoms with Gasteiger partial charge >= 0.3 is 8.60 Å². The van der Waals surface area contributed by atoms with Gasteiger partial charge in [-0.1, -0.05) is 12.2 Å². The van der Waals surface area contributed by atoms with E-state index in [9.17, 15) is 0 Å². The van der Waals surface area contributed by atoms with Crippen LogP contribution in [0.2, 0.25) is 0 Å². The van der Waals surface area contributed by atoms with Crippen LogP contribution in [0.15, 0.2) is 25.3 Å². The van der Waals surface area contributed by atoms with E-state index in [-0.39, 0.29) is 5.60 Å². The van der Waals surface area contributed by atoms with Gasteiger partial charge in [0.25, 0.3) is 0 Å². The lowest BCUT2D eigenvalue weighted by Crippen LogP contribution is -2.17. The summed E-state index contributed by atoms with van der Waals surface area (Å²) in [6.45, 7) is 13.9. The summed E-state index contributed by atoms with van der Waals surface area (Å²) in [5.41, 5.74) is -0.270. The Morgan fingerprint density at radius 1 is 1.07 bits per heavy atom. The zero-order valence-electron chi connectivity index (χ0n) is 9.16. The molecule has 0 aromatic rings. The van der Waals surface area contributed by atoms with E-state index in [0.29, 0.717) is 13.2 Å². The molecule has 0 aromatic heterocycles. The summed E-state index contributed by atoms with van der Waals surface area (Å²) in [5.74, 6) is 0. The van der Waals surface area contributed by atoms with Crippen LogP contribution in [0.3, 0.4) is 0 Å². The maximum absolute atomic E-state index is 5.57. The first-order chi connectivity index (χ1) is 6.49. The summed E-state index contributed by atoms with van der Waals surface area (Å²) in [6.07, 6.45) is 3.33. The third-order valence-corrected chi connectivity index (χ3v) is 2.36. The molecule has 0 saturated heterocycles. The van der Waals surface area contributed by atoms with Crippen LogP contribution in [-0.4, -0.2) is 18.8 Å². The fourth-order valence-electron chi connectivity index (χ4n) is 0.541. The van der Waals surface area contributed by atoms with Crippen molar-refractivity contribution in [2.45, 2.75) is 26.4 Å². The maximum Gasteiger partial charge on any atom is 0.333 e. The van der Waals surface area contributed by atoms with Crippen molar-refractivity contribution in [3.8, 4) is 0 Å². The molecule has 0 rings (SSSR count). The van der Waals surface area contributed by atoms with Gasteiger partial charge in [-0.05, 0) is 20.8 Å². The van der Waals surface area contributed by atoms with Crippen molar-refractivity contribution in [1.29, 1.82) is 0 Å². The van der Waals surface area contributed by atoms with Gasteiger partial charge in [0.05, 0.1) is 18.8 Å². The third kappa shape index (κ3) is 8.39. The van der Waals surface area contributed by atoms with Gasteiger partial charge in [0.1, 0.15) is 0 Å². The fraction of sp³-hybridized carbons (Fsp3) is 0.600. The zero-order valence-corrected chi connectivity index (χ0v) is 10.0. The molecule has 0 aliphatic carbocycles. The van der Waals surface area contributed by atoms with Crippen LogP contribution in [0.25, 0.3) is 0 Å². The first kappa shape index (κ1) is 13.8. The van der Waals surface area contributed by atoms with Crippen molar-refractivity contribution >= 4 is 8.60 Å². The molecule has 4 heteroatoms. The normalized spacial score (nSPS) is 11.7. The molecule has 3 nitrogen and oxygen atoms in total.